The second-order valence-electron chi connectivity index (χ2n) is 6.84. The van der Waals surface area contributed by atoms with Gasteiger partial charge in [0.1, 0.15) is 5.82 Å². The van der Waals surface area contributed by atoms with Gasteiger partial charge >= 0.3 is 0 Å². The Kier molecular flexibility index (Phi) is 6.40. The Bertz CT molecular complexity index is 631. The van der Waals surface area contributed by atoms with E-state index in [1.807, 2.05) is 11.7 Å². The van der Waals surface area contributed by atoms with Crippen molar-refractivity contribution in [3.63, 3.8) is 0 Å². The van der Waals surface area contributed by atoms with Gasteiger partial charge in [0.05, 0.1) is 5.69 Å². The lowest BCUT2D eigenvalue weighted by atomic mass is 10.1. The summed E-state index contributed by atoms with van der Waals surface area (Å²) in [6.45, 7) is 3.87. The van der Waals surface area contributed by atoms with Crippen LogP contribution in [0, 0.1) is 6.92 Å². The summed E-state index contributed by atoms with van der Waals surface area (Å²) in [6.07, 6.45) is 1.05. The van der Waals surface area contributed by atoms with Crippen LogP contribution >= 0.6 is 0 Å². The van der Waals surface area contributed by atoms with E-state index in [-0.39, 0.29) is 0 Å². The fourth-order valence-electron chi connectivity index (χ4n) is 3.14. The Balaban J connectivity index is 1.99. The van der Waals surface area contributed by atoms with Gasteiger partial charge in [-0.3, -0.25) is 4.68 Å². The molecule has 0 radical (unpaired) electrons. The zero-order valence-electron chi connectivity index (χ0n) is 15.9. The van der Waals surface area contributed by atoms with E-state index in [4.69, 9.17) is 0 Å². The summed E-state index contributed by atoms with van der Waals surface area (Å²) in [7, 11) is 10.4. The number of anilines is 1. The van der Waals surface area contributed by atoms with Crippen LogP contribution in [-0.4, -0.2) is 55.5 Å². The molecule has 0 bridgehead atoms. The minimum Gasteiger partial charge on any atom is -0.363 e. The van der Waals surface area contributed by atoms with Gasteiger partial charge in [-0.05, 0) is 33.0 Å². The van der Waals surface area contributed by atoms with E-state index >= 15 is 0 Å². The molecule has 24 heavy (non-hydrogen) atoms. The van der Waals surface area contributed by atoms with Crippen LogP contribution in [0.25, 0.3) is 0 Å². The number of benzene rings is 1. The number of hydrogen-bond acceptors (Lipinski definition) is 4. The molecule has 2 aromatic rings. The van der Waals surface area contributed by atoms with Crippen LogP contribution in [-0.2, 0) is 20.0 Å². The minimum absolute atomic E-state index is 0.465. The van der Waals surface area contributed by atoms with Crippen molar-refractivity contribution >= 4 is 5.82 Å². The van der Waals surface area contributed by atoms with Crippen LogP contribution in [0.15, 0.2) is 30.3 Å². The quantitative estimate of drug-likeness (QED) is 0.804. The maximum atomic E-state index is 4.56. The summed E-state index contributed by atoms with van der Waals surface area (Å²) in [4.78, 5) is 4.42. The van der Waals surface area contributed by atoms with Gasteiger partial charge in [0, 0.05) is 45.8 Å². The minimum atomic E-state index is 0.465. The summed E-state index contributed by atoms with van der Waals surface area (Å²) >= 11 is 0. The molecular weight excluding hydrogens is 298 g/mol. The monoisotopic (exact) mass is 329 g/mol. The van der Waals surface area contributed by atoms with Crippen molar-refractivity contribution < 1.29 is 0 Å². The molecule has 5 heteroatoms. The first-order valence-electron chi connectivity index (χ1n) is 8.51. The molecule has 0 aliphatic heterocycles. The highest BCUT2D eigenvalue weighted by molar-refractivity contribution is 5.48. The fraction of sp³-hybridized carbons (Fsp3) is 0.526. The lowest BCUT2D eigenvalue weighted by molar-refractivity contribution is 0.281. The van der Waals surface area contributed by atoms with Crippen molar-refractivity contribution in [1.82, 2.24) is 20.0 Å². The Labute approximate surface area is 146 Å². The molecule has 1 aromatic heterocycles. The highest BCUT2D eigenvalue weighted by Gasteiger charge is 2.16. The van der Waals surface area contributed by atoms with Crippen molar-refractivity contribution in [2.75, 3.05) is 39.6 Å². The molecule has 1 atom stereocenters. The lowest BCUT2D eigenvalue weighted by Gasteiger charge is -2.25. The molecule has 2 rings (SSSR count). The number of nitrogens with one attached hydrogen (secondary N) is 1. The van der Waals surface area contributed by atoms with E-state index in [0.29, 0.717) is 6.04 Å². The van der Waals surface area contributed by atoms with Crippen molar-refractivity contribution in [1.29, 1.82) is 0 Å². The van der Waals surface area contributed by atoms with Crippen molar-refractivity contribution in [3.05, 3.63) is 47.2 Å². The highest BCUT2D eigenvalue weighted by Crippen LogP contribution is 2.21. The van der Waals surface area contributed by atoms with Crippen molar-refractivity contribution in [2.24, 2.45) is 7.05 Å². The van der Waals surface area contributed by atoms with Crippen LogP contribution in [0.4, 0.5) is 5.82 Å². The van der Waals surface area contributed by atoms with Crippen LogP contribution in [0.2, 0.25) is 0 Å². The third-order valence-corrected chi connectivity index (χ3v) is 4.46. The van der Waals surface area contributed by atoms with Gasteiger partial charge in [-0.25, -0.2) is 0 Å². The van der Waals surface area contributed by atoms with E-state index in [1.165, 1.54) is 16.9 Å². The SMILES string of the molecule is Cc1nn(C)c(N(C)C)c1CNC[C@H](Cc1ccccc1)N(C)C. The normalized spacial score (nSPS) is 12.6. The topological polar surface area (TPSA) is 36.3 Å². The summed E-state index contributed by atoms with van der Waals surface area (Å²) < 4.78 is 1.96. The molecule has 0 unspecified atom stereocenters. The van der Waals surface area contributed by atoms with Gasteiger partial charge in [-0.1, -0.05) is 30.3 Å². The van der Waals surface area contributed by atoms with E-state index in [1.54, 1.807) is 0 Å². The van der Waals surface area contributed by atoms with Crippen LogP contribution in [0.1, 0.15) is 16.8 Å². The Morgan fingerprint density at radius 3 is 2.38 bits per heavy atom. The number of aromatic nitrogens is 2. The molecule has 1 heterocycles. The van der Waals surface area contributed by atoms with Gasteiger partial charge in [0.2, 0.25) is 0 Å². The third-order valence-electron chi connectivity index (χ3n) is 4.46. The first kappa shape index (κ1) is 18.5. The summed E-state index contributed by atoms with van der Waals surface area (Å²) in [5, 5.41) is 8.19. The molecule has 132 valence electrons. The van der Waals surface area contributed by atoms with Gasteiger partial charge < -0.3 is 15.1 Å². The number of likely N-dealkylation sites (N-methyl/N-ethyl adjacent to an activating group) is 1. The fourth-order valence-corrected chi connectivity index (χ4v) is 3.14. The zero-order valence-corrected chi connectivity index (χ0v) is 15.9. The molecule has 0 aliphatic carbocycles. The average molecular weight is 329 g/mol. The molecule has 1 N–H and O–H groups in total. The largest absolute Gasteiger partial charge is 0.363 e. The molecule has 1 aromatic carbocycles. The second-order valence-corrected chi connectivity index (χ2v) is 6.84. The summed E-state index contributed by atoms with van der Waals surface area (Å²) in [5.41, 5.74) is 3.75. The molecule has 0 saturated carbocycles. The molecular formula is C19H31N5. The molecule has 0 amide bonds. The smallest absolute Gasteiger partial charge is 0.130 e. The Morgan fingerprint density at radius 1 is 1.12 bits per heavy atom. The molecule has 0 spiro atoms. The number of aryl methyl sites for hydroxylation is 2. The van der Waals surface area contributed by atoms with Crippen LogP contribution < -0.4 is 10.2 Å². The number of hydrogen-bond donors (Lipinski definition) is 1. The average Bonchev–Trinajstić information content (AvgIpc) is 2.81. The van der Waals surface area contributed by atoms with E-state index < -0.39 is 0 Å². The van der Waals surface area contributed by atoms with E-state index in [9.17, 15) is 0 Å². The van der Waals surface area contributed by atoms with Crippen molar-refractivity contribution in [2.45, 2.75) is 25.9 Å². The Hall–Kier alpha value is -1.85. The predicted octanol–water partition coefficient (Wildman–Crippen LogP) is 2.06. The second kappa shape index (κ2) is 8.31. The third kappa shape index (κ3) is 4.58. The van der Waals surface area contributed by atoms with Crippen LogP contribution in [0.3, 0.4) is 0 Å². The maximum absolute atomic E-state index is 4.56. The van der Waals surface area contributed by atoms with Crippen LogP contribution in [0.5, 0.6) is 0 Å². The highest BCUT2D eigenvalue weighted by atomic mass is 15.4. The number of rotatable bonds is 8. The zero-order chi connectivity index (χ0) is 17.7. The first-order valence-corrected chi connectivity index (χ1v) is 8.51. The van der Waals surface area contributed by atoms with E-state index in [0.717, 1.165) is 25.2 Å². The predicted molar refractivity (Wildman–Crippen MR) is 102 cm³/mol. The van der Waals surface area contributed by atoms with Crippen molar-refractivity contribution in [3.8, 4) is 0 Å². The maximum Gasteiger partial charge on any atom is 0.130 e. The molecule has 0 saturated heterocycles. The first-order chi connectivity index (χ1) is 11.4. The van der Waals surface area contributed by atoms with Gasteiger partial charge in [-0.15, -0.1) is 0 Å². The number of nitrogens with zero attached hydrogens (tertiary/aromatic N) is 4. The van der Waals surface area contributed by atoms with Gasteiger partial charge in [-0.2, -0.15) is 5.10 Å². The molecule has 0 aliphatic rings. The summed E-state index contributed by atoms with van der Waals surface area (Å²) in [6, 6.07) is 11.2. The standard InChI is InChI=1S/C19H31N5/c1-15-18(19(23(4)5)24(6)21-15)14-20-13-17(22(2)3)12-16-10-8-7-9-11-16/h7-11,17,20H,12-14H2,1-6H3/t17-/m0/s1. The lowest BCUT2D eigenvalue weighted by Crippen LogP contribution is -2.39. The summed E-state index contributed by atoms with van der Waals surface area (Å²) in [5.74, 6) is 1.17. The van der Waals surface area contributed by atoms with E-state index in [2.05, 4.69) is 85.7 Å². The Morgan fingerprint density at radius 2 is 1.79 bits per heavy atom. The molecule has 5 nitrogen and oxygen atoms in total. The van der Waals surface area contributed by atoms with Gasteiger partial charge in [0.15, 0.2) is 0 Å². The van der Waals surface area contributed by atoms with Gasteiger partial charge in [0.25, 0.3) is 0 Å². The molecule has 0 fully saturated rings.